The molecular weight excluding hydrogens is 270 g/mol. The smallest absolute Gasteiger partial charge is 0.394 e. The fraction of sp³-hybridized carbons (Fsp3) is 0.250. The Balaban J connectivity index is 2.61. The summed E-state index contributed by atoms with van der Waals surface area (Å²) in [6, 6.07) is 3.71. The van der Waals surface area contributed by atoms with E-state index in [1.54, 1.807) is 0 Å². The number of hydrogen-bond donors (Lipinski definition) is 1. The van der Waals surface area contributed by atoms with Gasteiger partial charge in [-0.15, -0.1) is 11.3 Å². The molecule has 6 heteroatoms. The molecule has 1 N–H and O–H groups in total. The Kier molecular flexibility index (Phi) is 3.65. The molecule has 0 aliphatic carbocycles. The number of aliphatic carboxylic acids is 1. The van der Waals surface area contributed by atoms with Crippen LogP contribution in [0.3, 0.4) is 0 Å². The summed E-state index contributed by atoms with van der Waals surface area (Å²) in [5.41, 5.74) is 0. The molecule has 1 aromatic heterocycles. The molecule has 0 aromatic carbocycles. The molecule has 0 fully saturated rings. The fourth-order valence-corrected chi connectivity index (χ4v) is 2.44. The lowest BCUT2D eigenvalue weighted by Gasteiger charge is -2.12. The number of hydrogen-bond acceptors (Lipinski definition) is 3. The highest BCUT2D eigenvalue weighted by Crippen LogP contribution is 2.22. The second-order valence-corrected chi connectivity index (χ2v) is 5.22. The van der Waals surface area contributed by atoms with E-state index in [1.165, 1.54) is 23.3 Å². The van der Waals surface area contributed by atoms with Gasteiger partial charge in [-0.2, -0.15) is 0 Å². The molecular formula is C8H8BrNO3S. The Morgan fingerprint density at radius 3 is 2.64 bits per heavy atom. The molecule has 1 amide bonds. The van der Waals surface area contributed by atoms with Crippen molar-refractivity contribution in [3.63, 3.8) is 0 Å². The van der Waals surface area contributed by atoms with E-state index in [2.05, 4.69) is 15.9 Å². The highest BCUT2D eigenvalue weighted by atomic mass is 79.9. The van der Waals surface area contributed by atoms with E-state index in [0.29, 0.717) is 6.54 Å². The van der Waals surface area contributed by atoms with Crippen LogP contribution in [0, 0.1) is 0 Å². The van der Waals surface area contributed by atoms with Gasteiger partial charge in [0.15, 0.2) is 0 Å². The molecule has 0 radical (unpaired) electrons. The molecule has 4 nitrogen and oxygen atoms in total. The number of carbonyl (C=O) groups is 2. The minimum absolute atomic E-state index is 0.321. The van der Waals surface area contributed by atoms with Gasteiger partial charge in [0.2, 0.25) is 0 Å². The van der Waals surface area contributed by atoms with Crippen molar-refractivity contribution in [2.75, 3.05) is 7.05 Å². The average Bonchev–Trinajstić information content (AvgIpc) is 2.49. The van der Waals surface area contributed by atoms with Crippen LogP contribution in [-0.4, -0.2) is 28.9 Å². The number of carboxylic acid groups (broad SMARTS) is 1. The van der Waals surface area contributed by atoms with Crippen LogP contribution in [0.5, 0.6) is 0 Å². The van der Waals surface area contributed by atoms with Gasteiger partial charge in [0.25, 0.3) is 0 Å². The monoisotopic (exact) mass is 277 g/mol. The van der Waals surface area contributed by atoms with Crippen molar-refractivity contribution in [1.29, 1.82) is 0 Å². The number of nitrogens with zero attached hydrogens (tertiary/aromatic N) is 1. The number of rotatable bonds is 2. The van der Waals surface area contributed by atoms with Crippen molar-refractivity contribution in [1.82, 2.24) is 4.90 Å². The molecule has 76 valence electrons. The quantitative estimate of drug-likeness (QED) is 0.835. The first kappa shape index (κ1) is 11.2. The highest BCUT2D eigenvalue weighted by Gasteiger charge is 2.17. The van der Waals surface area contributed by atoms with Crippen LogP contribution in [0.15, 0.2) is 15.9 Å². The van der Waals surface area contributed by atoms with Gasteiger partial charge in [-0.1, -0.05) is 0 Å². The van der Waals surface area contributed by atoms with Crippen LogP contribution in [0.25, 0.3) is 0 Å². The lowest BCUT2D eigenvalue weighted by molar-refractivity contribution is -0.155. The molecule has 0 aliphatic rings. The van der Waals surface area contributed by atoms with Crippen molar-refractivity contribution in [2.45, 2.75) is 6.54 Å². The Morgan fingerprint density at radius 2 is 2.21 bits per heavy atom. The summed E-state index contributed by atoms with van der Waals surface area (Å²) in [7, 11) is 1.46. The summed E-state index contributed by atoms with van der Waals surface area (Å²) >= 11 is 4.76. The van der Waals surface area contributed by atoms with Crippen molar-refractivity contribution in [3.05, 3.63) is 20.8 Å². The number of carbonyl (C=O) groups excluding carboxylic acids is 1. The van der Waals surface area contributed by atoms with E-state index >= 15 is 0 Å². The predicted octanol–water partition coefficient (Wildman–Crippen LogP) is 1.55. The first-order chi connectivity index (χ1) is 6.50. The van der Waals surface area contributed by atoms with Gasteiger partial charge in [0.1, 0.15) is 0 Å². The predicted molar refractivity (Wildman–Crippen MR) is 56.1 cm³/mol. The third-order valence-corrected chi connectivity index (χ3v) is 3.16. The Bertz CT molecular complexity index is 363. The van der Waals surface area contributed by atoms with E-state index in [4.69, 9.17) is 5.11 Å². The number of amides is 1. The van der Waals surface area contributed by atoms with Crippen molar-refractivity contribution >= 4 is 39.1 Å². The summed E-state index contributed by atoms with van der Waals surface area (Å²) in [6.45, 7) is 0.321. The minimum atomic E-state index is -1.43. The van der Waals surface area contributed by atoms with Gasteiger partial charge in [-0.3, -0.25) is 4.79 Å². The topological polar surface area (TPSA) is 57.6 Å². The number of thiophene rings is 1. The van der Waals surface area contributed by atoms with Crippen LogP contribution in [0.4, 0.5) is 0 Å². The van der Waals surface area contributed by atoms with Crippen molar-refractivity contribution < 1.29 is 14.7 Å². The van der Waals surface area contributed by atoms with E-state index in [1.807, 2.05) is 12.1 Å². The third-order valence-electron chi connectivity index (χ3n) is 1.55. The SMILES string of the molecule is CN(Cc1ccc(Br)s1)C(=O)C(=O)O. The molecule has 0 unspecified atom stereocenters. The summed E-state index contributed by atoms with van der Waals surface area (Å²) in [5.74, 6) is -2.32. The average molecular weight is 278 g/mol. The van der Waals surface area contributed by atoms with Crippen LogP contribution >= 0.6 is 27.3 Å². The zero-order valence-corrected chi connectivity index (χ0v) is 9.76. The van der Waals surface area contributed by atoms with Crippen LogP contribution in [-0.2, 0) is 16.1 Å². The Morgan fingerprint density at radius 1 is 1.57 bits per heavy atom. The van der Waals surface area contributed by atoms with E-state index in [-0.39, 0.29) is 0 Å². The number of likely N-dealkylation sites (N-methyl/N-ethyl adjacent to an activating group) is 1. The first-order valence-corrected chi connectivity index (χ1v) is 5.34. The highest BCUT2D eigenvalue weighted by molar-refractivity contribution is 9.11. The third kappa shape index (κ3) is 2.81. The summed E-state index contributed by atoms with van der Waals surface area (Å²) in [6.07, 6.45) is 0. The molecule has 0 saturated heterocycles. The zero-order valence-electron chi connectivity index (χ0n) is 7.36. The largest absolute Gasteiger partial charge is 0.474 e. The first-order valence-electron chi connectivity index (χ1n) is 3.73. The molecule has 0 saturated carbocycles. The molecule has 1 rings (SSSR count). The van der Waals surface area contributed by atoms with Gasteiger partial charge in [-0.05, 0) is 28.1 Å². The molecule has 0 aliphatic heterocycles. The second kappa shape index (κ2) is 4.56. The molecule has 0 bridgehead atoms. The molecule has 14 heavy (non-hydrogen) atoms. The zero-order chi connectivity index (χ0) is 10.7. The molecule has 1 heterocycles. The van der Waals surface area contributed by atoms with E-state index < -0.39 is 11.9 Å². The second-order valence-electron chi connectivity index (χ2n) is 2.67. The summed E-state index contributed by atoms with van der Waals surface area (Å²) < 4.78 is 0.962. The van der Waals surface area contributed by atoms with Gasteiger partial charge in [0, 0.05) is 11.9 Å². The lowest BCUT2D eigenvalue weighted by atomic mass is 10.4. The van der Waals surface area contributed by atoms with Gasteiger partial charge >= 0.3 is 11.9 Å². The number of halogens is 1. The fourth-order valence-electron chi connectivity index (χ4n) is 0.906. The van der Waals surface area contributed by atoms with Crippen molar-refractivity contribution in [2.24, 2.45) is 0 Å². The minimum Gasteiger partial charge on any atom is -0.474 e. The van der Waals surface area contributed by atoms with Crippen LogP contribution in [0.1, 0.15) is 4.88 Å². The van der Waals surface area contributed by atoms with Crippen LogP contribution in [0.2, 0.25) is 0 Å². The summed E-state index contributed by atoms with van der Waals surface area (Å²) in [4.78, 5) is 23.4. The Hall–Kier alpha value is -0.880. The maximum atomic E-state index is 11.0. The number of carboxylic acids is 1. The lowest BCUT2D eigenvalue weighted by Crippen LogP contribution is -2.32. The standard InChI is InChI=1S/C8H8BrNO3S/c1-10(7(11)8(12)13)4-5-2-3-6(9)14-5/h2-3H,4H2,1H3,(H,12,13). The normalized spacial score (nSPS) is 9.86. The maximum absolute atomic E-state index is 11.0. The van der Waals surface area contributed by atoms with E-state index in [0.717, 1.165) is 8.66 Å². The Labute approximate surface area is 93.3 Å². The van der Waals surface area contributed by atoms with Gasteiger partial charge in [-0.25, -0.2) is 4.79 Å². The van der Waals surface area contributed by atoms with Gasteiger partial charge < -0.3 is 10.0 Å². The van der Waals surface area contributed by atoms with E-state index in [9.17, 15) is 9.59 Å². The maximum Gasteiger partial charge on any atom is 0.394 e. The van der Waals surface area contributed by atoms with Gasteiger partial charge in [0.05, 0.1) is 10.3 Å². The molecule has 0 atom stereocenters. The van der Waals surface area contributed by atoms with Crippen LogP contribution < -0.4 is 0 Å². The molecule has 1 aromatic rings. The molecule has 0 spiro atoms. The summed E-state index contributed by atoms with van der Waals surface area (Å²) in [5, 5.41) is 8.44. The van der Waals surface area contributed by atoms with Crippen molar-refractivity contribution in [3.8, 4) is 0 Å².